The number of hydrogen-bond acceptors (Lipinski definition) is 3. The van der Waals surface area contributed by atoms with Crippen LogP contribution in [0.4, 0.5) is 0 Å². The molecule has 0 aliphatic heterocycles. The summed E-state index contributed by atoms with van der Waals surface area (Å²) in [5, 5.41) is 2.42. The molecule has 4 heteroatoms. The molecule has 142 valence electrons. The highest BCUT2D eigenvalue weighted by Gasteiger charge is 2.13. The van der Waals surface area contributed by atoms with Gasteiger partial charge >= 0.3 is 0 Å². The first-order chi connectivity index (χ1) is 12.9. The Balaban J connectivity index is 0.000000309. The van der Waals surface area contributed by atoms with E-state index in [1.165, 1.54) is 44.0 Å². The molecule has 2 rings (SSSR count). The van der Waals surface area contributed by atoms with Crippen molar-refractivity contribution >= 4 is 17.3 Å². The van der Waals surface area contributed by atoms with Crippen LogP contribution < -0.4 is 5.32 Å². The molecule has 1 aromatic heterocycles. The third-order valence-corrected chi connectivity index (χ3v) is 3.88. The van der Waals surface area contributed by atoms with Crippen LogP contribution in [-0.4, -0.2) is 23.7 Å². The van der Waals surface area contributed by atoms with E-state index >= 15 is 0 Å². The van der Waals surface area contributed by atoms with Crippen LogP contribution in [0.2, 0.25) is 0 Å². The standard InChI is InChI=1S/C13H14N2O2.C10H14/c1-9(11-4-6-15-7-5-11)8-12(10(2)16)13(17)14-3;1-3-4-10-7-5-9(2)6-8-10/h4-8H,1H2,2-3H3,(H,14,17);5-8H,3-4H2,1-2H3/b12-8-;. The highest BCUT2D eigenvalue weighted by molar-refractivity contribution is 6.19. The van der Waals surface area contributed by atoms with Crippen molar-refractivity contribution in [3.8, 4) is 0 Å². The monoisotopic (exact) mass is 364 g/mol. The minimum Gasteiger partial charge on any atom is -0.355 e. The van der Waals surface area contributed by atoms with E-state index in [4.69, 9.17) is 0 Å². The number of amides is 1. The maximum Gasteiger partial charge on any atom is 0.254 e. The summed E-state index contributed by atoms with van der Waals surface area (Å²) in [5.74, 6) is -0.702. The number of Topliss-reactive ketones (excluding diaryl/α,β-unsaturated/α-hetero) is 1. The van der Waals surface area contributed by atoms with E-state index in [0.717, 1.165) is 5.56 Å². The molecule has 1 aromatic carbocycles. The molecule has 0 aliphatic carbocycles. The molecule has 0 spiro atoms. The summed E-state index contributed by atoms with van der Waals surface area (Å²) in [6, 6.07) is 12.3. The highest BCUT2D eigenvalue weighted by Crippen LogP contribution is 2.15. The molecule has 0 radical (unpaired) electrons. The van der Waals surface area contributed by atoms with Gasteiger partial charge in [0.05, 0.1) is 5.57 Å². The molecule has 0 unspecified atom stereocenters. The van der Waals surface area contributed by atoms with Crippen molar-refractivity contribution in [1.82, 2.24) is 10.3 Å². The molecule has 27 heavy (non-hydrogen) atoms. The van der Waals surface area contributed by atoms with Crippen molar-refractivity contribution in [2.75, 3.05) is 7.05 Å². The second kappa shape index (κ2) is 11.6. The van der Waals surface area contributed by atoms with Crippen LogP contribution in [0, 0.1) is 6.92 Å². The van der Waals surface area contributed by atoms with Crippen molar-refractivity contribution in [2.45, 2.75) is 33.6 Å². The summed E-state index contributed by atoms with van der Waals surface area (Å²) in [7, 11) is 1.48. The average Bonchev–Trinajstić information content (AvgIpc) is 2.68. The molecule has 0 saturated carbocycles. The first kappa shape index (κ1) is 22.0. The lowest BCUT2D eigenvalue weighted by molar-refractivity contribution is -0.121. The number of nitrogens with one attached hydrogen (secondary N) is 1. The zero-order valence-corrected chi connectivity index (χ0v) is 16.6. The lowest BCUT2D eigenvalue weighted by Gasteiger charge is -2.04. The Morgan fingerprint density at radius 2 is 1.70 bits per heavy atom. The lowest BCUT2D eigenvalue weighted by atomic mass is 10.0. The summed E-state index contributed by atoms with van der Waals surface area (Å²) in [5.41, 5.74) is 4.31. The van der Waals surface area contributed by atoms with E-state index in [-0.39, 0.29) is 11.4 Å². The summed E-state index contributed by atoms with van der Waals surface area (Å²) < 4.78 is 0. The van der Waals surface area contributed by atoms with E-state index in [2.05, 4.69) is 55.0 Å². The van der Waals surface area contributed by atoms with Crippen molar-refractivity contribution in [2.24, 2.45) is 0 Å². The predicted octanol–water partition coefficient (Wildman–Crippen LogP) is 4.30. The number of allylic oxidation sites excluding steroid dienone is 2. The van der Waals surface area contributed by atoms with Gasteiger partial charge < -0.3 is 5.32 Å². The molecule has 0 bridgehead atoms. The summed E-state index contributed by atoms with van der Waals surface area (Å²) >= 11 is 0. The van der Waals surface area contributed by atoms with Gasteiger partial charge in [0.2, 0.25) is 0 Å². The molecule has 0 atom stereocenters. The van der Waals surface area contributed by atoms with Gasteiger partial charge in [-0.05, 0) is 55.2 Å². The number of carbonyl (C=O) groups is 2. The van der Waals surface area contributed by atoms with E-state index in [9.17, 15) is 9.59 Å². The van der Waals surface area contributed by atoms with Crippen molar-refractivity contribution in [1.29, 1.82) is 0 Å². The number of nitrogens with zero attached hydrogens (tertiary/aromatic N) is 1. The number of carbonyl (C=O) groups excluding carboxylic acids is 2. The van der Waals surface area contributed by atoms with Crippen LogP contribution >= 0.6 is 0 Å². The number of rotatable bonds is 6. The average molecular weight is 364 g/mol. The first-order valence-corrected chi connectivity index (χ1v) is 8.98. The number of ketones is 1. The Hall–Kier alpha value is -3.01. The predicted molar refractivity (Wildman–Crippen MR) is 111 cm³/mol. The zero-order chi connectivity index (χ0) is 20.2. The largest absolute Gasteiger partial charge is 0.355 e. The molecule has 0 aliphatic rings. The fourth-order valence-corrected chi connectivity index (χ4v) is 2.33. The Kier molecular flexibility index (Phi) is 9.45. The first-order valence-electron chi connectivity index (χ1n) is 8.98. The van der Waals surface area contributed by atoms with Gasteiger partial charge in [0.1, 0.15) is 0 Å². The maximum atomic E-state index is 11.5. The van der Waals surface area contributed by atoms with Gasteiger partial charge in [0, 0.05) is 19.4 Å². The molecule has 4 nitrogen and oxygen atoms in total. The third kappa shape index (κ3) is 7.82. The highest BCUT2D eigenvalue weighted by atomic mass is 16.2. The van der Waals surface area contributed by atoms with Gasteiger partial charge in [-0.15, -0.1) is 0 Å². The summed E-state index contributed by atoms with van der Waals surface area (Å²) in [4.78, 5) is 26.7. The van der Waals surface area contributed by atoms with Crippen molar-refractivity contribution < 1.29 is 9.59 Å². The summed E-state index contributed by atoms with van der Waals surface area (Å²) in [6.07, 6.45) is 7.18. The fraction of sp³-hybridized carbons (Fsp3) is 0.261. The van der Waals surface area contributed by atoms with Crippen molar-refractivity contribution in [3.63, 3.8) is 0 Å². The Morgan fingerprint density at radius 3 is 2.19 bits per heavy atom. The van der Waals surface area contributed by atoms with Crippen molar-refractivity contribution in [3.05, 3.63) is 83.7 Å². The van der Waals surface area contributed by atoms with E-state index in [1.54, 1.807) is 24.5 Å². The SMILES string of the molecule is C=C(/C=C(/C(C)=O)C(=O)NC)c1ccncc1.CCCc1ccc(C)cc1. The fourth-order valence-electron chi connectivity index (χ4n) is 2.33. The van der Waals surface area contributed by atoms with Crippen LogP contribution in [0.3, 0.4) is 0 Å². The number of pyridine rings is 1. The quantitative estimate of drug-likeness (QED) is 0.360. The van der Waals surface area contributed by atoms with E-state index in [0.29, 0.717) is 5.57 Å². The van der Waals surface area contributed by atoms with Crippen LogP contribution in [0.5, 0.6) is 0 Å². The summed E-state index contributed by atoms with van der Waals surface area (Å²) in [6.45, 7) is 9.50. The topological polar surface area (TPSA) is 59.1 Å². The second-order valence-electron chi connectivity index (χ2n) is 6.19. The minimum absolute atomic E-state index is 0.0920. The van der Waals surface area contributed by atoms with E-state index < -0.39 is 5.91 Å². The lowest BCUT2D eigenvalue weighted by Crippen LogP contribution is -2.23. The molecule has 1 N–H and O–H groups in total. The van der Waals surface area contributed by atoms with Gasteiger partial charge in [0.25, 0.3) is 5.91 Å². The molecule has 1 amide bonds. The molecule has 1 heterocycles. The molecule has 0 saturated heterocycles. The smallest absolute Gasteiger partial charge is 0.254 e. The number of likely N-dealkylation sites (N-methyl/N-ethyl adjacent to an activating group) is 1. The van der Waals surface area contributed by atoms with Gasteiger partial charge in [-0.2, -0.15) is 0 Å². The molecule has 0 fully saturated rings. The van der Waals surface area contributed by atoms with Gasteiger partial charge in [-0.3, -0.25) is 14.6 Å². The number of benzene rings is 1. The van der Waals surface area contributed by atoms with Gasteiger partial charge in [-0.25, -0.2) is 0 Å². The normalized spacial score (nSPS) is 10.4. The Bertz CT molecular complexity index is 791. The Morgan fingerprint density at radius 1 is 1.11 bits per heavy atom. The zero-order valence-electron chi connectivity index (χ0n) is 16.6. The second-order valence-corrected chi connectivity index (χ2v) is 6.19. The van der Waals surface area contributed by atoms with Gasteiger partial charge in [-0.1, -0.05) is 49.8 Å². The van der Waals surface area contributed by atoms with Crippen LogP contribution in [0.25, 0.3) is 5.57 Å². The minimum atomic E-state index is -0.410. The molecule has 2 aromatic rings. The maximum absolute atomic E-state index is 11.5. The van der Waals surface area contributed by atoms with Crippen LogP contribution in [-0.2, 0) is 16.0 Å². The third-order valence-electron chi connectivity index (χ3n) is 3.88. The Labute approximate surface area is 162 Å². The number of hydrogen-bond donors (Lipinski definition) is 1. The molecular formula is C23H28N2O2. The van der Waals surface area contributed by atoms with Crippen LogP contribution in [0.1, 0.15) is 37.0 Å². The molecular weight excluding hydrogens is 336 g/mol. The number of aryl methyl sites for hydroxylation is 2. The van der Waals surface area contributed by atoms with E-state index in [1.807, 2.05) is 0 Å². The van der Waals surface area contributed by atoms with Gasteiger partial charge in [0.15, 0.2) is 5.78 Å². The van der Waals surface area contributed by atoms with Crippen LogP contribution in [0.15, 0.2) is 67.0 Å². The number of aromatic nitrogens is 1.